The van der Waals surface area contributed by atoms with Gasteiger partial charge in [-0.05, 0) is 66.3 Å². The third-order valence-corrected chi connectivity index (χ3v) is 5.36. The highest BCUT2D eigenvalue weighted by Gasteiger charge is 2.25. The van der Waals surface area contributed by atoms with E-state index < -0.39 is 0 Å². The monoisotopic (exact) mass is 365 g/mol. The summed E-state index contributed by atoms with van der Waals surface area (Å²) in [6.45, 7) is 4.09. The van der Waals surface area contributed by atoms with E-state index in [4.69, 9.17) is 0 Å². The zero-order valence-electron chi connectivity index (χ0n) is 12.9. The van der Waals surface area contributed by atoms with Crippen LogP contribution in [-0.4, -0.2) is 38.1 Å². The molecule has 2 N–H and O–H groups in total. The lowest BCUT2D eigenvalue weighted by molar-refractivity contribution is -0.121. The van der Waals surface area contributed by atoms with Crippen molar-refractivity contribution in [2.75, 3.05) is 31.1 Å². The fraction of sp³-hybridized carbons (Fsp3) is 0.588. The number of anilines is 1. The van der Waals surface area contributed by atoms with Gasteiger partial charge in [0, 0.05) is 30.0 Å². The summed E-state index contributed by atoms with van der Waals surface area (Å²) in [5, 5.41) is 6.56. The fourth-order valence-corrected chi connectivity index (χ4v) is 3.94. The van der Waals surface area contributed by atoms with Crippen molar-refractivity contribution < 1.29 is 4.79 Å². The van der Waals surface area contributed by atoms with Gasteiger partial charge in [-0.2, -0.15) is 0 Å². The largest absolute Gasteiger partial charge is 0.368 e. The van der Waals surface area contributed by atoms with Crippen molar-refractivity contribution in [1.82, 2.24) is 10.6 Å². The molecule has 5 heteroatoms. The van der Waals surface area contributed by atoms with Gasteiger partial charge in [0.2, 0.25) is 5.91 Å². The van der Waals surface area contributed by atoms with Crippen molar-refractivity contribution in [2.24, 2.45) is 5.92 Å². The molecule has 3 rings (SSSR count). The van der Waals surface area contributed by atoms with Gasteiger partial charge in [0.05, 0.1) is 5.69 Å². The van der Waals surface area contributed by atoms with Crippen molar-refractivity contribution in [3.63, 3.8) is 0 Å². The second-order valence-corrected chi connectivity index (χ2v) is 7.20. The minimum atomic E-state index is 0.214. The third-order valence-electron chi connectivity index (χ3n) is 4.69. The summed E-state index contributed by atoms with van der Waals surface area (Å²) in [7, 11) is 0. The molecule has 2 heterocycles. The van der Waals surface area contributed by atoms with Gasteiger partial charge in [0.1, 0.15) is 0 Å². The minimum absolute atomic E-state index is 0.214. The number of amides is 1. The normalized spacial score (nSPS) is 24.7. The molecule has 0 aliphatic carbocycles. The van der Waals surface area contributed by atoms with Gasteiger partial charge in [0.25, 0.3) is 0 Å². The lowest BCUT2D eigenvalue weighted by Gasteiger charge is -2.20. The van der Waals surface area contributed by atoms with Crippen molar-refractivity contribution in [1.29, 1.82) is 0 Å². The van der Waals surface area contributed by atoms with Gasteiger partial charge < -0.3 is 15.5 Å². The molecule has 1 aromatic carbocycles. The SMILES string of the molecule is O=C(CCC1CCNC1)NC1CCN(c2ccccc2Br)C1. The molecular formula is C17H24BrN3O. The highest BCUT2D eigenvalue weighted by molar-refractivity contribution is 9.10. The van der Waals surface area contributed by atoms with Crippen LogP contribution < -0.4 is 15.5 Å². The predicted octanol–water partition coefficient (Wildman–Crippen LogP) is 2.53. The van der Waals surface area contributed by atoms with Crippen LogP contribution in [0.25, 0.3) is 0 Å². The van der Waals surface area contributed by atoms with Crippen LogP contribution in [0.15, 0.2) is 28.7 Å². The lowest BCUT2D eigenvalue weighted by atomic mass is 10.0. The number of hydrogen-bond donors (Lipinski definition) is 2. The Morgan fingerprint density at radius 1 is 1.36 bits per heavy atom. The van der Waals surface area contributed by atoms with Gasteiger partial charge in [-0.25, -0.2) is 0 Å². The number of halogens is 1. The van der Waals surface area contributed by atoms with Gasteiger partial charge in [0.15, 0.2) is 0 Å². The van der Waals surface area contributed by atoms with E-state index in [1.807, 2.05) is 6.07 Å². The van der Waals surface area contributed by atoms with E-state index in [0.717, 1.165) is 43.5 Å². The number of nitrogens with one attached hydrogen (secondary N) is 2. The van der Waals surface area contributed by atoms with E-state index in [9.17, 15) is 4.79 Å². The zero-order valence-corrected chi connectivity index (χ0v) is 14.4. The molecule has 2 saturated heterocycles. The standard InChI is InChI=1S/C17H24BrN3O/c18-15-3-1-2-4-16(15)21-10-8-14(12-21)20-17(22)6-5-13-7-9-19-11-13/h1-4,13-14,19H,5-12H2,(H,20,22). The molecule has 0 bridgehead atoms. The van der Waals surface area contributed by atoms with Crippen LogP contribution in [0.5, 0.6) is 0 Å². The van der Waals surface area contributed by atoms with Gasteiger partial charge in [-0.15, -0.1) is 0 Å². The highest BCUT2D eigenvalue weighted by Crippen LogP contribution is 2.28. The summed E-state index contributed by atoms with van der Waals surface area (Å²) < 4.78 is 1.12. The van der Waals surface area contributed by atoms with Gasteiger partial charge in [-0.3, -0.25) is 4.79 Å². The first-order valence-electron chi connectivity index (χ1n) is 8.22. The predicted molar refractivity (Wildman–Crippen MR) is 93.1 cm³/mol. The van der Waals surface area contributed by atoms with Crippen molar-refractivity contribution >= 4 is 27.5 Å². The van der Waals surface area contributed by atoms with Gasteiger partial charge >= 0.3 is 0 Å². The summed E-state index contributed by atoms with van der Waals surface area (Å²) in [6, 6.07) is 8.56. The van der Waals surface area contributed by atoms with Crippen molar-refractivity contribution in [3.05, 3.63) is 28.7 Å². The maximum Gasteiger partial charge on any atom is 0.220 e. The van der Waals surface area contributed by atoms with E-state index >= 15 is 0 Å². The Balaban J connectivity index is 1.44. The summed E-state index contributed by atoms with van der Waals surface area (Å²) in [4.78, 5) is 14.4. The summed E-state index contributed by atoms with van der Waals surface area (Å²) in [6.07, 6.45) is 3.92. The van der Waals surface area contributed by atoms with Crippen LogP contribution >= 0.6 is 15.9 Å². The summed E-state index contributed by atoms with van der Waals surface area (Å²) in [5.74, 6) is 0.900. The van der Waals surface area contributed by atoms with E-state index in [2.05, 4.69) is 49.7 Å². The van der Waals surface area contributed by atoms with Crippen LogP contribution in [0.4, 0.5) is 5.69 Å². The van der Waals surface area contributed by atoms with Gasteiger partial charge in [-0.1, -0.05) is 12.1 Å². The summed E-state index contributed by atoms with van der Waals surface area (Å²) in [5.41, 5.74) is 1.22. The Kier molecular flexibility index (Phi) is 5.37. The van der Waals surface area contributed by atoms with Crippen molar-refractivity contribution in [3.8, 4) is 0 Å². The Morgan fingerprint density at radius 3 is 3.00 bits per heavy atom. The molecule has 1 amide bonds. The smallest absolute Gasteiger partial charge is 0.220 e. The fourth-order valence-electron chi connectivity index (χ4n) is 3.40. The zero-order chi connectivity index (χ0) is 15.4. The van der Waals surface area contributed by atoms with E-state index in [1.165, 1.54) is 12.1 Å². The van der Waals surface area contributed by atoms with Crippen LogP contribution in [0, 0.1) is 5.92 Å². The Hall–Kier alpha value is -1.07. The molecule has 0 saturated carbocycles. The number of nitrogens with zero attached hydrogens (tertiary/aromatic N) is 1. The first-order chi connectivity index (χ1) is 10.7. The topological polar surface area (TPSA) is 44.4 Å². The molecule has 0 aromatic heterocycles. The molecule has 1 aromatic rings. The molecule has 4 nitrogen and oxygen atoms in total. The first kappa shape index (κ1) is 15.8. The van der Waals surface area contributed by atoms with E-state index in [-0.39, 0.29) is 11.9 Å². The van der Waals surface area contributed by atoms with Crippen LogP contribution in [0.1, 0.15) is 25.7 Å². The Bertz CT molecular complexity index is 516. The Labute approximate surface area is 140 Å². The number of carbonyl (C=O) groups is 1. The highest BCUT2D eigenvalue weighted by atomic mass is 79.9. The third kappa shape index (κ3) is 4.02. The number of carbonyl (C=O) groups excluding carboxylic acids is 1. The second-order valence-electron chi connectivity index (χ2n) is 6.35. The number of benzene rings is 1. The molecule has 2 aliphatic heterocycles. The molecule has 2 aliphatic rings. The molecule has 0 radical (unpaired) electrons. The maximum atomic E-state index is 12.1. The van der Waals surface area contributed by atoms with E-state index in [1.54, 1.807) is 0 Å². The second kappa shape index (κ2) is 7.47. The molecule has 2 unspecified atom stereocenters. The molecular weight excluding hydrogens is 342 g/mol. The average molecular weight is 366 g/mol. The van der Waals surface area contributed by atoms with Crippen LogP contribution in [0.3, 0.4) is 0 Å². The molecule has 2 fully saturated rings. The average Bonchev–Trinajstić information content (AvgIpc) is 3.17. The molecule has 0 spiro atoms. The Morgan fingerprint density at radius 2 is 2.23 bits per heavy atom. The molecule has 22 heavy (non-hydrogen) atoms. The number of rotatable bonds is 5. The number of hydrogen-bond acceptors (Lipinski definition) is 3. The molecule has 2 atom stereocenters. The summed E-state index contributed by atoms with van der Waals surface area (Å²) >= 11 is 3.60. The first-order valence-corrected chi connectivity index (χ1v) is 9.01. The van der Waals surface area contributed by atoms with E-state index in [0.29, 0.717) is 12.3 Å². The van der Waals surface area contributed by atoms with Crippen LogP contribution in [-0.2, 0) is 4.79 Å². The lowest BCUT2D eigenvalue weighted by Crippen LogP contribution is -2.37. The molecule has 120 valence electrons. The minimum Gasteiger partial charge on any atom is -0.368 e. The van der Waals surface area contributed by atoms with Crippen molar-refractivity contribution in [2.45, 2.75) is 31.7 Å². The quantitative estimate of drug-likeness (QED) is 0.842. The van der Waals surface area contributed by atoms with Crippen LogP contribution in [0.2, 0.25) is 0 Å². The maximum absolute atomic E-state index is 12.1. The number of para-hydroxylation sites is 1.